The lowest BCUT2D eigenvalue weighted by atomic mass is 9.56. The molecule has 2 heterocycles. The average Bonchev–Trinajstić information content (AvgIpc) is 3.17. The fourth-order valence-corrected chi connectivity index (χ4v) is 7.72. The van der Waals surface area contributed by atoms with Gasteiger partial charge in [-0.3, -0.25) is 0 Å². The minimum Gasteiger partial charge on any atom is -0.465 e. The Kier molecular flexibility index (Phi) is 6.17. The van der Waals surface area contributed by atoms with Crippen molar-refractivity contribution in [3.63, 3.8) is 0 Å². The summed E-state index contributed by atoms with van der Waals surface area (Å²) in [5.74, 6) is 2.95. The van der Waals surface area contributed by atoms with E-state index in [0.717, 1.165) is 50.9 Å². The van der Waals surface area contributed by atoms with Crippen molar-refractivity contribution < 1.29 is 23.3 Å². The highest BCUT2D eigenvalue weighted by atomic mass is 19.1. The normalized spacial score (nSPS) is 42.8. The van der Waals surface area contributed by atoms with Crippen LogP contribution >= 0.6 is 0 Å². The van der Waals surface area contributed by atoms with Gasteiger partial charge < -0.3 is 18.9 Å². The molecular formula is C28H39FO4. The van der Waals surface area contributed by atoms with Gasteiger partial charge in [0.25, 0.3) is 0 Å². The molecule has 0 aromatic heterocycles. The summed E-state index contributed by atoms with van der Waals surface area (Å²) < 4.78 is 38.1. The maximum absolute atomic E-state index is 14.3. The lowest BCUT2D eigenvalue weighted by Crippen LogP contribution is -2.39. The first-order valence-electron chi connectivity index (χ1n) is 13.4. The maximum Gasteiger partial charge on any atom is 0.199 e. The van der Waals surface area contributed by atoms with E-state index in [1.165, 1.54) is 36.8 Å². The van der Waals surface area contributed by atoms with Crippen molar-refractivity contribution >= 4 is 0 Å². The number of ether oxygens (including phenoxy) is 4. The Labute approximate surface area is 197 Å². The molecule has 182 valence electrons. The predicted molar refractivity (Wildman–Crippen MR) is 124 cm³/mol. The number of alkyl halides is 1. The molecule has 33 heavy (non-hydrogen) atoms. The summed E-state index contributed by atoms with van der Waals surface area (Å²) in [5, 5.41) is 0. The SMILES string of the molecule is C[C@]12CC[C@@H]3c4ccc(OC5CCCCO5)cc4CC[C@H]3[C@@H]1C[C@@H](OC1OCCCC1F)C2. The molecule has 0 radical (unpaired) electrons. The van der Waals surface area contributed by atoms with Crippen LogP contribution in [0, 0.1) is 17.3 Å². The summed E-state index contributed by atoms with van der Waals surface area (Å²) in [6.45, 7) is 3.89. The molecule has 5 heteroatoms. The zero-order valence-electron chi connectivity index (χ0n) is 20.0. The Morgan fingerprint density at radius 3 is 2.79 bits per heavy atom. The minimum atomic E-state index is -0.973. The fraction of sp³-hybridized carbons (Fsp3) is 0.786. The largest absolute Gasteiger partial charge is 0.465 e. The Morgan fingerprint density at radius 2 is 1.94 bits per heavy atom. The molecule has 4 nitrogen and oxygen atoms in total. The van der Waals surface area contributed by atoms with Gasteiger partial charge in [0.2, 0.25) is 0 Å². The summed E-state index contributed by atoms with van der Waals surface area (Å²) in [6.07, 6.45) is 10.0. The van der Waals surface area contributed by atoms with Crippen molar-refractivity contribution in [2.75, 3.05) is 13.2 Å². The molecule has 3 unspecified atom stereocenters. The average molecular weight is 459 g/mol. The minimum absolute atomic E-state index is 0.0870. The van der Waals surface area contributed by atoms with Crippen molar-refractivity contribution in [2.45, 2.75) is 108 Å². The first kappa shape index (κ1) is 22.3. The quantitative estimate of drug-likeness (QED) is 0.530. The summed E-state index contributed by atoms with van der Waals surface area (Å²) in [6, 6.07) is 6.77. The van der Waals surface area contributed by atoms with E-state index in [2.05, 4.69) is 25.1 Å². The fourth-order valence-electron chi connectivity index (χ4n) is 7.72. The second-order valence-corrected chi connectivity index (χ2v) is 11.5. The van der Waals surface area contributed by atoms with Crippen molar-refractivity contribution in [1.29, 1.82) is 0 Å². The van der Waals surface area contributed by atoms with E-state index in [0.29, 0.717) is 36.2 Å². The highest BCUT2D eigenvalue weighted by molar-refractivity contribution is 5.40. The van der Waals surface area contributed by atoms with E-state index in [1.54, 1.807) is 0 Å². The third-order valence-corrected chi connectivity index (χ3v) is 9.36. The van der Waals surface area contributed by atoms with Crippen LogP contribution in [0.25, 0.3) is 0 Å². The van der Waals surface area contributed by atoms with Gasteiger partial charge in [0.15, 0.2) is 18.8 Å². The van der Waals surface area contributed by atoms with E-state index >= 15 is 0 Å². The van der Waals surface area contributed by atoms with Gasteiger partial charge in [0, 0.05) is 13.0 Å². The Morgan fingerprint density at radius 1 is 1.03 bits per heavy atom. The smallest absolute Gasteiger partial charge is 0.199 e. The van der Waals surface area contributed by atoms with Gasteiger partial charge in [-0.05, 0) is 111 Å². The van der Waals surface area contributed by atoms with Gasteiger partial charge >= 0.3 is 0 Å². The standard InChI is InChI=1S/C28H39FO4/c1-28-12-11-22-21-10-8-19(32-26-6-2-3-13-30-26)15-18(21)7-9-23(22)24(28)16-20(17-28)33-27-25(29)5-4-14-31-27/h8,10,15,20,22-27H,2-7,9,11-14,16-17H2,1H3/t20-,22-,23-,24+,25?,26?,27?,28-/m1/s1. The van der Waals surface area contributed by atoms with Crippen molar-refractivity contribution in [2.24, 2.45) is 17.3 Å². The maximum atomic E-state index is 14.3. The van der Waals surface area contributed by atoms with E-state index in [-0.39, 0.29) is 12.4 Å². The number of rotatable bonds is 4. The Bertz CT molecular complexity index is 839. The second-order valence-electron chi connectivity index (χ2n) is 11.5. The van der Waals surface area contributed by atoms with Gasteiger partial charge in [-0.2, -0.15) is 0 Å². The number of hydrogen-bond acceptors (Lipinski definition) is 4. The van der Waals surface area contributed by atoms with Crippen LogP contribution in [0.15, 0.2) is 18.2 Å². The van der Waals surface area contributed by atoms with Crippen molar-refractivity contribution in [1.82, 2.24) is 0 Å². The van der Waals surface area contributed by atoms with Crippen LogP contribution in [0.2, 0.25) is 0 Å². The zero-order valence-corrected chi connectivity index (χ0v) is 20.0. The Balaban J connectivity index is 1.14. The van der Waals surface area contributed by atoms with Crippen LogP contribution in [-0.4, -0.2) is 38.1 Å². The molecule has 0 amide bonds. The van der Waals surface area contributed by atoms with Crippen molar-refractivity contribution in [3.05, 3.63) is 29.3 Å². The third kappa shape index (κ3) is 4.34. The summed E-state index contributed by atoms with van der Waals surface area (Å²) in [4.78, 5) is 0. The van der Waals surface area contributed by atoms with Gasteiger partial charge in [0.1, 0.15) is 5.75 Å². The molecule has 5 aliphatic rings. The van der Waals surface area contributed by atoms with E-state index in [4.69, 9.17) is 18.9 Å². The first-order valence-corrected chi connectivity index (χ1v) is 13.4. The molecule has 6 rings (SSSR count). The highest BCUT2D eigenvalue weighted by Crippen LogP contribution is 2.61. The Hall–Kier alpha value is -1.17. The van der Waals surface area contributed by atoms with Gasteiger partial charge in [-0.25, -0.2) is 4.39 Å². The number of benzene rings is 1. The molecule has 0 spiro atoms. The number of hydrogen-bond donors (Lipinski definition) is 0. The number of aryl methyl sites for hydroxylation is 1. The lowest BCUT2D eigenvalue weighted by Gasteiger charge is -2.49. The second kappa shape index (κ2) is 9.13. The zero-order chi connectivity index (χ0) is 22.4. The molecule has 1 aromatic carbocycles. The molecule has 8 atom stereocenters. The highest BCUT2D eigenvalue weighted by Gasteiger charge is 2.54. The number of fused-ring (bicyclic) bond motifs is 5. The molecule has 0 N–H and O–H groups in total. The van der Waals surface area contributed by atoms with Crippen LogP contribution in [0.4, 0.5) is 4.39 Å². The summed E-state index contributed by atoms with van der Waals surface area (Å²) >= 11 is 0. The van der Waals surface area contributed by atoms with Gasteiger partial charge in [-0.15, -0.1) is 0 Å². The van der Waals surface area contributed by atoms with Gasteiger partial charge in [-0.1, -0.05) is 13.0 Å². The summed E-state index contributed by atoms with van der Waals surface area (Å²) in [7, 11) is 0. The van der Waals surface area contributed by atoms with Crippen molar-refractivity contribution in [3.8, 4) is 5.75 Å². The van der Waals surface area contributed by atoms with E-state index in [1.807, 2.05) is 0 Å². The van der Waals surface area contributed by atoms with E-state index in [9.17, 15) is 4.39 Å². The molecule has 4 fully saturated rings. The molecule has 2 aliphatic heterocycles. The van der Waals surface area contributed by atoms with Crippen LogP contribution in [-0.2, 0) is 20.6 Å². The topological polar surface area (TPSA) is 36.9 Å². The van der Waals surface area contributed by atoms with Crippen LogP contribution in [0.3, 0.4) is 0 Å². The summed E-state index contributed by atoms with van der Waals surface area (Å²) in [5.41, 5.74) is 3.31. The van der Waals surface area contributed by atoms with Crippen LogP contribution < -0.4 is 4.74 Å². The molecule has 0 bridgehead atoms. The molecule has 2 saturated carbocycles. The monoisotopic (exact) mass is 458 g/mol. The van der Waals surface area contributed by atoms with Crippen LogP contribution in [0.5, 0.6) is 5.75 Å². The molecular weight excluding hydrogens is 419 g/mol. The predicted octanol–water partition coefficient (Wildman–Crippen LogP) is 6.31. The first-order chi connectivity index (χ1) is 16.1. The lowest BCUT2D eigenvalue weighted by molar-refractivity contribution is -0.218. The number of halogens is 1. The van der Waals surface area contributed by atoms with Gasteiger partial charge in [0.05, 0.1) is 12.7 Å². The third-order valence-electron chi connectivity index (χ3n) is 9.36. The van der Waals surface area contributed by atoms with Crippen LogP contribution in [0.1, 0.15) is 88.2 Å². The molecule has 1 aromatic rings. The molecule has 2 saturated heterocycles. The van der Waals surface area contributed by atoms with E-state index < -0.39 is 12.5 Å². The molecule has 3 aliphatic carbocycles.